The summed E-state index contributed by atoms with van der Waals surface area (Å²) in [4.78, 5) is 63.4. The molecule has 10 rings (SSSR count). The number of amides is 5. The number of nitrogens with zero attached hydrogens (tertiary/aromatic N) is 5. The molecular weight excluding hydrogens is 1670 g/mol. The summed E-state index contributed by atoms with van der Waals surface area (Å²) >= 11 is 0. The third-order valence-corrected chi connectivity index (χ3v) is 40.1. The topological polar surface area (TPSA) is 120 Å². The molecule has 0 aliphatic carbocycles. The van der Waals surface area contributed by atoms with Crippen LogP contribution >= 0.6 is 30.7 Å². The number of likely N-dealkylation sites (tertiary alicyclic amines) is 5. The van der Waals surface area contributed by atoms with E-state index in [2.05, 4.69) is 134 Å². The molecule has 0 radical (unpaired) electrons. The molecule has 5 amide bonds. The van der Waals surface area contributed by atoms with Crippen LogP contribution in [-0.2, 0) is 32.8 Å². The lowest BCUT2D eigenvalue weighted by Crippen LogP contribution is -2.46. The Morgan fingerprint density at radius 3 is 0.838 bits per heavy atom. The lowest BCUT2D eigenvalue weighted by Gasteiger charge is -2.42. The molecule has 0 bridgehead atoms. The van der Waals surface area contributed by atoms with Gasteiger partial charge in [0.2, 0.25) is 29.5 Å². The van der Waals surface area contributed by atoms with E-state index in [0.29, 0.717) is 106 Å². The first-order valence-corrected chi connectivity index (χ1v) is 59.0. The Kier molecular flexibility index (Phi) is 29.8. The first kappa shape index (κ1) is 100. The predicted molar refractivity (Wildman–Crippen MR) is 457 cm³/mol. The zero-order valence-corrected chi connectivity index (χ0v) is 77.9. The molecule has 5 heterocycles. The quantitative estimate of drug-likeness (QED) is 0.0530. The largest absolute Gasteiger partial charge is 0.414 e. The number of benzene rings is 5. The van der Waals surface area contributed by atoms with Gasteiger partial charge in [0.15, 0.2) is 16.6 Å². The van der Waals surface area contributed by atoms with Gasteiger partial charge in [-0.1, -0.05) is 234 Å². The molecule has 0 N–H and O–H groups in total. The Balaban J connectivity index is 0.000000229. The van der Waals surface area contributed by atoms with Crippen molar-refractivity contribution >= 4 is 103 Å². The van der Waals surface area contributed by atoms with Gasteiger partial charge in [-0.25, -0.2) is 0 Å². The molecule has 12 nitrogen and oxygen atoms in total. The van der Waals surface area contributed by atoms with Gasteiger partial charge in [-0.3, -0.25) is 24.0 Å². The smallest absolute Gasteiger partial charge is 0.310 e. The first-order chi connectivity index (χ1) is 52.8. The molecular formula is C83H126F15N5O7S3Si4. The Morgan fingerprint density at radius 2 is 0.564 bits per heavy atom. The molecule has 5 fully saturated rings. The summed E-state index contributed by atoms with van der Waals surface area (Å²) in [5.41, 5.74) is 2.97. The lowest BCUT2D eigenvalue weighted by molar-refractivity contribution is -0.137. The van der Waals surface area contributed by atoms with Gasteiger partial charge in [0.1, 0.15) is 14.7 Å². The lowest BCUT2D eigenvalue weighted by atomic mass is 10.0. The molecule has 34 heteroatoms. The van der Waals surface area contributed by atoms with Gasteiger partial charge in [-0.2, -0.15) is 0 Å². The second-order valence-electron chi connectivity index (χ2n) is 36.8. The van der Waals surface area contributed by atoms with Gasteiger partial charge in [-0.15, -0.1) is 0 Å². The first-order valence-electron chi connectivity index (χ1n) is 40.3. The van der Waals surface area contributed by atoms with Crippen LogP contribution in [0.5, 0.6) is 0 Å². The molecule has 5 saturated heterocycles. The van der Waals surface area contributed by atoms with Crippen LogP contribution in [0, 0.1) is 0 Å². The van der Waals surface area contributed by atoms with Crippen molar-refractivity contribution in [1.29, 1.82) is 0 Å². The molecule has 117 heavy (non-hydrogen) atoms. The molecule has 5 aromatic rings. The fourth-order valence-corrected chi connectivity index (χ4v) is 20.1. The van der Waals surface area contributed by atoms with Crippen LogP contribution in [-0.4, -0.2) is 133 Å². The second kappa shape index (κ2) is 34.9. The minimum absolute atomic E-state index is 0.0182. The fourth-order valence-electron chi connectivity index (χ4n) is 13.7. The van der Waals surface area contributed by atoms with E-state index in [1.54, 1.807) is 18.7 Å². The number of rotatable bonds is 21. The maximum absolute atomic E-state index is 13.3. The van der Waals surface area contributed by atoms with Crippen molar-refractivity contribution in [3.8, 4) is 0 Å². The van der Waals surface area contributed by atoms with E-state index in [9.17, 15) is 82.3 Å². The fraction of sp³-hybridized carbons (Fsp3) is 0.578. The third-order valence-electron chi connectivity index (χ3n) is 23.5. The van der Waals surface area contributed by atoms with Crippen molar-refractivity contribution in [2.24, 2.45) is 0 Å². The second-order valence-corrected chi connectivity index (χ2v) is 63.8. The Bertz CT molecular complexity index is 4270. The molecule has 5 aliphatic rings. The third kappa shape index (κ3) is 28.9. The van der Waals surface area contributed by atoms with Gasteiger partial charge >= 0.3 is 30.7 Å². The van der Waals surface area contributed by atoms with Crippen LogP contribution < -0.4 is 10.4 Å². The average Bonchev–Trinajstić information content (AvgIpc) is 0.736. The SMILES string of the molecule is CC(C)(C)[Si](C)(C)OCC(c1ccc([Si](C)(C)C)cc1)N1CCCCC1=O.CC(C)(C)[Si](C)(C)OCC(c1cccc(S(F)(F)(F)(F)F)c1)N1CCCCC1=O.CC(c1ccc(S(F)(F)(F)(F)F)cc1)N1CCCCC1=O.CC(c1ccc([Si](C)(C)C)cc1)N1CCCCC1=O.CC(c1cccc(S(F)(F)(F)(F)F)c1)N1CCCCC1=O. The van der Waals surface area contributed by atoms with Crippen LogP contribution in [0.15, 0.2) is 136 Å². The maximum Gasteiger partial charge on any atom is 0.310 e. The molecule has 5 aliphatic heterocycles. The summed E-state index contributed by atoms with van der Waals surface area (Å²) < 4.78 is 207. The zero-order valence-electron chi connectivity index (χ0n) is 71.5. The average molecular weight is 1800 g/mol. The highest BCUT2D eigenvalue weighted by molar-refractivity contribution is 8.46. The van der Waals surface area contributed by atoms with E-state index in [0.717, 1.165) is 95.1 Å². The van der Waals surface area contributed by atoms with Crippen LogP contribution in [0.1, 0.15) is 217 Å². The summed E-state index contributed by atoms with van der Waals surface area (Å²) in [6.07, 6.45) is 11.3. The Morgan fingerprint density at radius 1 is 0.316 bits per heavy atom. The molecule has 0 spiro atoms. The number of piperidine rings is 5. The molecule has 0 saturated carbocycles. The van der Waals surface area contributed by atoms with Crippen LogP contribution in [0.25, 0.3) is 0 Å². The van der Waals surface area contributed by atoms with Gasteiger partial charge in [0.25, 0.3) is 0 Å². The van der Waals surface area contributed by atoms with E-state index in [1.165, 1.54) is 43.4 Å². The van der Waals surface area contributed by atoms with Crippen molar-refractivity contribution < 1.29 is 91.1 Å². The number of hydrogen-bond acceptors (Lipinski definition) is 7. The summed E-state index contributed by atoms with van der Waals surface area (Å²) in [5, 5.41) is 2.97. The summed E-state index contributed by atoms with van der Waals surface area (Å²) in [6.45, 7) is 44.7. The van der Waals surface area contributed by atoms with E-state index < -0.39 is 96.3 Å². The Hall–Kier alpha value is -5.76. The number of carbonyl (C=O) groups excluding carboxylic acids is 5. The normalized spacial score (nSPS) is 19.9. The highest BCUT2D eigenvalue weighted by Gasteiger charge is 2.67. The van der Waals surface area contributed by atoms with Crippen LogP contribution in [0.3, 0.4) is 0 Å². The molecule has 5 unspecified atom stereocenters. The Labute approximate surface area is 689 Å². The number of carbonyl (C=O) groups is 5. The number of hydrogen-bond donors (Lipinski definition) is 0. The van der Waals surface area contributed by atoms with E-state index in [4.69, 9.17) is 8.85 Å². The van der Waals surface area contributed by atoms with Crippen molar-refractivity contribution in [2.45, 2.75) is 279 Å². The molecule has 664 valence electrons. The number of halogens is 15. The zero-order chi connectivity index (χ0) is 88.8. The standard InChI is InChI=1S/C22H39NO2Si2.C19H30F5NO2SSi.C16H25NOSi.2C13H16F5NOS/c1-22(2,3)27(7,8)25-17-20(23-16-10-9-11-21(23)24)18-12-14-19(15-13-18)26(4,5)6;1-19(2,3)29(4,5)27-14-17(25-12-7-6-11-18(25)26)15-9-8-10-16(13-15)28(20,21,22,23)24;1-13(17-12-6-5-7-16(17)18)14-8-10-15(11-9-14)19(2,3)4;1-10(19-8-3-2-7-13(19)20)11-5-4-6-12(9-11)21(14,15,16,17)18;1-10(19-9-3-2-4-13(19)20)11-5-7-12(8-6-11)21(14,15,16,17)18/h12-15,20H,9-11,16-17H2,1-8H3;8-10,13,17H,6-7,11-12,14H2,1-5H3;8-11,13H,5-7,12H2,1-4H3;4-6,9-10H,2-3,7-8H2,1H3;5-8,10H,2-4,9H2,1H3. The van der Waals surface area contributed by atoms with Crippen molar-refractivity contribution in [2.75, 3.05) is 45.9 Å². The van der Waals surface area contributed by atoms with Crippen LogP contribution in [0.4, 0.5) is 58.3 Å². The van der Waals surface area contributed by atoms with Crippen molar-refractivity contribution in [3.05, 3.63) is 149 Å². The minimum Gasteiger partial charge on any atom is -0.414 e. The highest BCUT2D eigenvalue weighted by atomic mass is 32.5. The summed E-state index contributed by atoms with van der Waals surface area (Å²) in [7, 11) is -35.8. The minimum atomic E-state index is -9.82. The predicted octanol–water partition coefficient (Wildman–Crippen LogP) is 26.9. The van der Waals surface area contributed by atoms with Gasteiger partial charge in [0.05, 0.1) is 59.6 Å². The summed E-state index contributed by atoms with van der Waals surface area (Å²) in [5.74, 6) is 0.169. The van der Waals surface area contributed by atoms with Crippen molar-refractivity contribution in [1.82, 2.24) is 24.5 Å². The molecule has 5 aromatic carbocycles. The van der Waals surface area contributed by atoms with E-state index >= 15 is 0 Å². The van der Waals surface area contributed by atoms with Gasteiger partial charge in [0, 0.05) is 64.8 Å². The highest BCUT2D eigenvalue weighted by Crippen LogP contribution is 3.03. The van der Waals surface area contributed by atoms with Gasteiger partial charge in [-0.05, 0) is 185 Å². The van der Waals surface area contributed by atoms with Crippen molar-refractivity contribution in [3.63, 3.8) is 0 Å². The molecule has 5 atom stereocenters. The van der Waals surface area contributed by atoms with Gasteiger partial charge < -0.3 is 33.4 Å². The van der Waals surface area contributed by atoms with E-state index in [-0.39, 0.29) is 69.9 Å². The summed E-state index contributed by atoms with van der Waals surface area (Å²) in [6, 6.07) is 25.4. The van der Waals surface area contributed by atoms with E-state index in [1.807, 2.05) is 38.8 Å². The maximum atomic E-state index is 13.3. The monoisotopic (exact) mass is 1800 g/mol. The molecule has 0 aromatic heterocycles. The van der Waals surface area contributed by atoms with Crippen LogP contribution in [0.2, 0.25) is 75.5 Å².